The Morgan fingerprint density at radius 3 is 3.11 bits per heavy atom. The molecule has 0 aliphatic carbocycles. The summed E-state index contributed by atoms with van der Waals surface area (Å²) < 4.78 is 0. The Labute approximate surface area is 109 Å². The Balaban J connectivity index is 2.01. The van der Waals surface area contributed by atoms with Crippen LogP contribution in [0.4, 0.5) is 0 Å². The van der Waals surface area contributed by atoms with Crippen molar-refractivity contribution in [3.05, 3.63) is 16.1 Å². The van der Waals surface area contributed by atoms with Crippen LogP contribution in [-0.4, -0.2) is 28.2 Å². The fourth-order valence-corrected chi connectivity index (χ4v) is 2.66. The second kappa shape index (κ2) is 5.92. The van der Waals surface area contributed by atoms with Crippen molar-refractivity contribution in [1.82, 2.24) is 15.3 Å². The number of carbonyl (C=O) groups excluding carboxylic acids is 2. The Morgan fingerprint density at radius 2 is 2.33 bits per heavy atom. The Morgan fingerprint density at radius 1 is 1.50 bits per heavy atom. The number of nitrogens with zero attached hydrogens (tertiary/aromatic N) is 2. The van der Waals surface area contributed by atoms with Crippen LogP contribution in [0.15, 0.2) is 5.38 Å². The zero-order chi connectivity index (χ0) is 13.0. The summed E-state index contributed by atoms with van der Waals surface area (Å²) in [6.07, 6.45) is 3.71. The van der Waals surface area contributed by atoms with Crippen molar-refractivity contribution in [3.8, 4) is 0 Å². The summed E-state index contributed by atoms with van der Waals surface area (Å²) in [6.45, 7) is 1.25. The summed E-state index contributed by atoms with van der Waals surface area (Å²) in [7, 11) is 0. The molecule has 1 aromatic rings. The van der Waals surface area contributed by atoms with Gasteiger partial charge in [0.05, 0.1) is 12.2 Å². The van der Waals surface area contributed by atoms with E-state index in [4.69, 9.17) is 5.84 Å². The van der Waals surface area contributed by atoms with Crippen molar-refractivity contribution in [3.63, 3.8) is 0 Å². The first kappa shape index (κ1) is 13.0. The van der Waals surface area contributed by atoms with Gasteiger partial charge >= 0.3 is 0 Å². The highest BCUT2D eigenvalue weighted by atomic mass is 32.1. The van der Waals surface area contributed by atoms with Crippen LogP contribution in [0, 0.1) is 0 Å². The van der Waals surface area contributed by atoms with Crippen molar-refractivity contribution in [1.29, 1.82) is 0 Å². The minimum atomic E-state index is -0.395. The minimum Gasteiger partial charge on any atom is -0.337 e. The largest absolute Gasteiger partial charge is 0.337 e. The molecule has 98 valence electrons. The quantitative estimate of drug-likeness (QED) is 0.478. The molecular formula is C11H16N4O2S. The fraction of sp³-hybridized carbons (Fsp3) is 0.545. The average Bonchev–Trinajstić information content (AvgIpc) is 2.75. The van der Waals surface area contributed by atoms with Gasteiger partial charge in [0.15, 0.2) is 5.01 Å². The van der Waals surface area contributed by atoms with Gasteiger partial charge in [0.2, 0.25) is 5.91 Å². The number of hydrogen-bond donors (Lipinski definition) is 2. The van der Waals surface area contributed by atoms with Gasteiger partial charge in [0.25, 0.3) is 5.91 Å². The van der Waals surface area contributed by atoms with Crippen LogP contribution in [0.5, 0.6) is 0 Å². The van der Waals surface area contributed by atoms with E-state index in [1.54, 1.807) is 5.38 Å². The topological polar surface area (TPSA) is 88.3 Å². The smallest absolute Gasteiger partial charge is 0.294 e. The van der Waals surface area contributed by atoms with Gasteiger partial charge < -0.3 is 4.90 Å². The molecule has 1 fully saturated rings. The number of nitrogen functional groups attached to an aromatic ring is 1. The van der Waals surface area contributed by atoms with E-state index in [0.29, 0.717) is 18.0 Å². The van der Waals surface area contributed by atoms with Crippen molar-refractivity contribution < 1.29 is 9.59 Å². The molecule has 7 heteroatoms. The van der Waals surface area contributed by atoms with Gasteiger partial charge in [-0.25, -0.2) is 10.8 Å². The Hall–Kier alpha value is -1.47. The van der Waals surface area contributed by atoms with Gasteiger partial charge in [-0.15, -0.1) is 11.3 Å². The van der Waals surface area contributed by atoms with E-state index in [0.717, 1.165) is 31.5 Å². The van der Waals surface area contributed by atoms with Gasteiger partial charge in [0.1, 0.15) is 0 Å². The molecule has 2 amide bonds. The third-order valence-corrected chi connectivity index (χ3v) is 3.79. The van der Waals surface area contributed by atoms with E-state index in [1.165, 1.54) is 11.3 Å². The van der Waals surface area contributed by atoms with E-state index in [-0.39, 0.29) is 5.91 Å². The highest BCUT2D eigenvalue weighted by molar-refractivity contribution is 7.11. The van der Waals surface area contributed by atoms with E-state index < -0.39 is 5.91 Å². The molecule has 0 unspecified atom stereocenters. The molecule has 0 aromatic carbocycles. The van der Waals surface area contributed by atoms with Crippen LogP contribution in [0.1, 0.15) is 41.2 Å². The van der Waals surface area contributed by atoms with Gasteiger partial charge in [-0.05, 0) is 12.8 Å². The maximum Gasteiger partial charge on any atom is 0.294 e. The number of thiazole rings is 1. The highest BCUT2D eigenvalue weighted by Gasteiger charge is 2.18. The molecule has 18 heavy (non-hydrogen) atoms. The molecule has 2 rings (SSSR count). The number of nitrogens with one attached hydrogen (secondary N) is 1. The van der Waals surface area contributed by atoms with Crippen LogP contribution in [0.25, 0.3) is 0 Å². The molecular weight excluding hydrogens is 252 g/mol. The zero-order valence-corrected chi connectivity index (χ0v) is 10.8. The number of nitrogens with two attached hydrogens (primary N) is 1. The number of amides is 2. The lowest BCUT2D eigenvalue weighted by atomic mass is 10.2. The van der Waals surface area contributed by atoms with Crippen molar-refractivity contribution in [2.45, 2.75) is 32.2 Å². The van der Waals surface area contributed by atoms with Crippen molar-refractivity contribution in [2.75, 3.05) is 6.54 Å². The number of likely N-dealkylation sites (tertiary alicyclic amines) is 1. The monoisotopic (exact) mass is 268 g/mol. The second-order valence-electron chi connectivity index (χ2n) is 4.24. The Kier molecular flexibility index (Phi) is 4.27. The predicted molar refractivity (Wildman–Crippen MR) is 67.7 cm³/mol. The third-order valence-electron chi connectivity index (χ3n) is 2.90. The minimum absolute atomic E-state index is 0.172. The first-order valence-electron chi connectivity index (χ1n) is 5.94. The summed E-state index contributed by atoms with van der Waals surface area (Å²) in [5, 5.41) is 2.12. The van der Waals surface area contributed by atoms with Gasteiger partial charge in [0, 0.05) is 18.3 Å². The SMILES string of the molecule is NNC(=O)c1nc(CN2CCCCCC2=O)cs1. The maximum atomic E-state index is 11.8. The summed E-state index contributed by atoms with van der Waals surface area (Å²) in [5.74, 6) is 4.82. The number of carbonyl (C=O) groups is 2. The second-order valence-corrected chi connectivity index (χ2v) is 5.10. The molecule has 0 bridgehead atoms. The number of hydrogen-bond acceptors (Lipinski definition) is 5. The molecule has 6 nitrogen and oxygen atoms in total. The molecule has 0 atom stereocenters. The van der Waals surface area contributed by atoms with E-state index in [1.807, 2.05) is 10.3 Å². The van der Waals surface area contributed by atoms with Crippen LogP contribution >= 0.6 is 11.3 Å². The molecule has 1 aliphatic rings. The summed E-state index contributed by atoms with van der Waals surface area (Å²) in [5.41, 5.74) is 2.79. The standard InChI is InChI=1S/C11H16N4O2S/c12-14-10(17)11-13-8(7-18-11)6-15-5-3-1-2-4-9(15)16/h7H,1-6,12H2,(H,14,17). The highest BCUT2D eigenvalue weighted by Crippen LogP contribution is 2.16. The summed E-state index contributed by atoms with van der Waals surface area (Å²) in [4.78, 5) is 29.1. The van der Waals surface area contributed by atoms with Crippen molar-refractivity contribution in [2.24, 2.45) is 5.84 Å². The summed E-state index contributed by atoms with van der Waals surface area (Å²) in [6, 6.07) is 0. The van der Waals surface area contributed by atoms with Gasteiger partial charge in [-0.3, -0.25) is 15.0 Å². The third kappa shape index (κ3) is 3.05. The molecule has 0 radical (unpaired) electrons. The predicted octanol–water partition coefficient (Wildman–Crippen LogP) is 0.649. The molecule has 1 aliphatic heterocycles. The average molecular weight is 268 g/mol. The van der Waals surface area contributed by atoms with E-state index in [2.05, 4.69) is 4.98 Å². The molecule has 0 spiro atoms. The molecule has 0 saturated carbocycles. The molecule has 1 aromatic heterocycles. The van der Waals surface area contributed by atoms with Gasteiger partial charge in [-0.1, -0.05) is 6.42 Å². The number of aromatic nitrogens is 1. The lowest BCUT2D eigenvalue weighted by Gasteiger charge is -2.18. The first-order valence-corrected chi connectivity index (χ1v) is 6.82. The van der Waals surface area contributed by atoms with Crippen LogP contribution in [-0.2, 0) is 11.3 Å². The number of hydrazine groups is 1. The first-order chi connectivity index (χ1) is 8.70. The van der Waals surface area contributed by atoms with Crippen molar-refractivity contribution >= 4 is 23.2 Å². The van der Waals surface area contributed by atoms with Gasteiger partial charge in [-0.2, -0.15) is 0 Å². The Bertz CT molecular complexity index is 446. The molecule has 3 N–H and O–H groups in total. The lowest BCUT2D eigenvalue weighted by Crippen LogP contribution is -2.31. The number of rotatable bonds is 3. The molecule has 1 saturated heterocycles. The van der Waals surface area contributed by atoms with E-state index >= 15 is 0 Å². The molecule has 2 heterocycles. The zero-order valence-electron chi connectivity index (χ0n) is 10.0. The normalized spacial score (nSPS) is 16.5. The lowest BCUT2D eigenvalue weighted by molar-refractivity contribution is -0.131. The van der Waals surface area contributed by atoms with Crippen LogP contribution in [0.3, 0.4) is 0 Å². The fourth-order valence-electron chi connectivity index (χ4n) is 1.95. The van der Waals surface area contributed by atoms with Crippen LogP contribution < -0.4 is 11.3 Å². The maximum absolute atomic E-state index is 11.8. The van der Waals surface area contributed by atoms with E-state index in [9.17, 15) is 9.59 Å². The summed E-state index contributed by atoms with van der Waals surface area (Å²) >= 11 is 1.24. The van der Waals surface area contributed by atoms with Crippen LogP contribution in [0.2, 0.25) is 0 Å².